The normalized spacial score (nSPS) is 32.3. The summed E-state index contributed by atoms with van der Waals surface area (Å²) in [6.45, 7) is 21.3. The van der Waals surface area contributed by atoms with E-state index in [1.54, 1.807) is 0 Å². The van der Waals surface area contributed by atoms with Crippen LogP contribution in [0.4, 0.5) is 0 Å². The molecule has 2 heterocycles. The molecule has 0 spiro atoms. The standard InChI is InChI=1S/C17H34B2O4/c1-12(2)11-17(13(3)4)16(9,10)22-19(23-17)18-20-14(5,6)15(7,8)21-18/h12-13H,11H2,1-10H3. The van der Waals surface area contributed by atoms with E-state index >= 15 is 0 Å². The summed E-state index contributed by atoms with van der Waals surface area (Å²) in [5.41, 5.74) is -1.49. The molecular formula is C17H34B2O4. The highest BCUT2D eigenvalue weighted by Gasteiger charge is 2.66. The fraction of sp³-hybridized carbons (Fsp3) is 1.00. The Morgan fingerprint density at radius 3 is 1.43 bits per heavy atom. The number of hydrogen-bond acceptors (Lipinski definition) is 4. The Morgan fingerprint density at radius 2 is 1.04 bits per heavy atom. The maximum Gasteiger partial charge on any atom is 0.489 e. The van der Waals surface area contributed by atoms with Gasteiger partial charge in [0.25, 0.3) is 0 Å². The summed E-state index contributed by atoms with van der Waals surface area (Å²) in [4.78, 5) is 0. The lowest BCUT2D eigenvalue weighted by Gasteiger charge is -2.44. The Bertz CT molecular complexity index is 432. The molecule has 0 bridgehead atoms. The summed E-state index contributed by atoms with van der Waals surface area (Å²) in [5, 5.41) is 0. The average Bonchev–Trinajstić information content (AvgIpc) is 2.71. The van der Waals surface area contributed by atoms with Crippen molar-refractivity contribution in [3.05, 3.63) is 0 Å². The molecule has 0 aliphatic carbocycles. The van der Waals surface area contributed by atoms with Gasteiger partial charge >= 0.3 is 14.0 Å². The third-order valence-corrected chi connectivity index (χ3v) is 5.89. The van der Waals surface area contributed by atoms with Crippen LogP contribution >= 0.6 is 0 Å². The Morgan fingerprint density at radius 1 is 0.652 bits per heavy atom. The summed E-state index contributed by atoms with van der Waals surface area (Å²) in [7, 11) is -0.987. The molecule has 0 aromatic rings. The van der Waals surface area contributed by atoms with E-state index in [1.165, 1.54) is 0 Å². The Labute approximate surface area is 143 Å². The van der Waals surface area contributed by atoms with Gasteiger partial charge < -0.3 is 18.6 Å². The monoisotopic (exact) mass is 324 g/mol. The largest absolute Gasteiger partial charge is 0.489 e. The quantitative estimate of drug-likeness (QED) is 0.735. The molecule has 0 amide bonds. The van der Waals surface area contributed by atoms with Crippen LogP contribution in [0.5, 0.6) is 0 Å². The van der Waals surface area contributed by atoms with Crippen LogP contribution in [-0.4, -0.2) is 36.4 Å². The first kappa shape index (κ1) is 19.3. The van der Waals surface area contributed by atoms with E-state index in [0.717, 1.165) is 6.42 Å². The summed E-state index contributed by atoms with van der Waals surface area (Å²) in [6, 6.07) is 0. The van der Waals surface area contributed by atoms with Gasteiger partial charge in [-0.05, 0) is 59.8 Å². The molecule has 0 radical (unpaired) electrons. The van der Waals surface area contributed by atoms with Crippen LogP contribution in [0.15, 0.2) is 0 Å². The zero-order valence-electron chi connectivity index (χ0n) is 16.6. The first-order chi connectivity index (χ1) is 10.2. The van der Waals surface area contributed by atoms with Gasteiger partial charge in [0.05, 0.1) is 22.4 Å². The average molecular weight is 324 g/mol. The molecule has 0 N–H and O–H groups in total. The summed E-state index contributed by atoms with van der Waals surface area (Å²) in [5.74, 6) is 0.865. The van der Waals surface area contributed by atoms with E-state index in [1.807, 2.05) is 0 Å². The maximum absolute atomic E-state index is 6.53. The van der Waals surface area contributed by atoms with Crippen molar-refractivity contribution in [1.29, 1.82) is 0 Å². The van der Waals surface area contributed by atoms with E-state index in [9.17, 15) is 0 Å². The lowest BCUT2D eigenvalue weighted by atomic mass is 9.49. The van der Waals surface area contributed by atoms with Crippen molar-refractivity contribution in [2.45, 2.75) is 98.1 Å². The number of hydrogen-bond donors (Lipinski definition) is 0. The molecule has 1 unspecified atom stereocenters. The summed E-state index contributed by atoms with van der Waals surface area (Å²) in [6.07, 6.45) is 0.952. The van der Waals surface area contributed by atoms with E-state index in [2.05, 4.69) is 69.2 Å². The molecule has 6 heteroatoms. The summed E-state index contributed by atoms with van der Waals surface area (Å²) < 4.78 is 25.2. The lowest BCUT2D eigenvalue weighted by Crippen LogP contribution is -2.52. The second kappa shape index (κ2) is 5.76. The molecule has 2 saturated heterocycles. The fourth-order valence-corrected chi connectivity index (χ4v) is 3.84. The second-order valence-electron chi connectivity index (χ2n) is 9.38. The van der Waals surface area contributed by atoms with E-state index in [0.29, 0.717) is 11.8 Å². The Balaban J connectivity index is 2.26. The van der Waals surface area contributed by atoms with Gasteiger partial charge in [-0.3, -0.25) is 0 Å². The molecule has 132 valence electrons. The molecule has 2 rings (SSSR count). The van der Waals surface area contributed by atoms with Gasteiger partial charge in [0.2, 0.25) is 0 Å². The van der Waals surface area contributed by atoms with Gasteiger partial charge in [-0.25, -0.2) is 0 Å². The van der Waals surface area contributed by atoms with Crippen LogP contribution in [0.2, 0.25) is 0 Å². The first-order valence-electron chi connectivity index (χ1n) is 8.95. The highest BCUT2D eigenvalue weighted by molar-refractivity contribution is 7.11. The molecule has 23 heavy (non-hydrogen) atoms. The van der Waals surface area contributed by atoms with Gasteiger partial charge in [-0.2, -0.15) is 0 Å². The SMILES string of the molecule is CC(C)CC1(C(C)C)OB(B2OC(C)(C)C(C)(C)O2)OC1(C)C. The van der Waals surface area contributed by atoms with E-state index in [-0.39, 0.29) is 22.4 Å². The molecule has 4 nitrogen and oxygen atoms in total. The maximum atomic E-state index is 6.53. The predicted molar refractivity (Wildman–Crippen MR) is 95.1 cm³/mol. The minimum Gasteiger partial charge on any atom is -0.405 e. The van der Waals surface area contributed by atoms with Crippen molar-refractivity contribution in [3.8, 4) is 0 Å². The molecule has 1 atom stereocenters. The lowest BCUT2D eigenvalue weighted by molar-refractivity contribution is -0.0723. The molecular weight excluding hydrogens is 290 g/mol. The molecule has 2 aliphatic heterocycles. The minimum absolute atomic E-state index is 0.338. The van der Waals surface area contributed by atoms with Gasteiger partial charge in [-0.1, -0.05) is 27.7 Å². The highest BCUT2D eigenvalue weighted by atomic mass is 16.7. The van der Waals surface area contributed by atoms with Crippen molar-refractivity contribution in [2.75, 3.05) is 0 Å². The van der Waals surface area contributed by atoms with Gasteiger partial charge in [0.15, 0.2) is 0 Å². The van der Waals surface area contributed by atoms with E-state index < -0.39 is 14.0 Å². The molecule has 0 aromatic carbocycles. The third kappa shape index (κ3) is 3.12. The highest BCUT2D eigenvalue weighted by Crippen LogP contribution is 2.49. The Hall–Kier alpha value is -0.0301. The smallest absolute Gasteiger partial charge is 0.405 e. The van der Waals surface area contributed by atoms with Gasteiger partial charge in [0, 0.05) is 0 Å². The van der Waals surface area contributed by atoms with Crippen LogP contribution in [0.3, 0.4) is 0 Å². The van der Waals surface area contributed by atoms with Crippen LogP contribution in [-0.2, 0) is 18.6 Å². The van der Waals surface area contributed by atoms with Crippen LogP contribution in [0.25, 0.3) is 0 Å². The van der Waals surface area contributed by atoms with Crippen LogP contribution in [0, 0.1) is 11.8 Å². The first-order valence-corrected chi connectivity index (χ1v) is 8.95. The van der Waals surface area contributed by atoms with Crippen molar-refractivity contribution in [2.24, 2.45) is 11.8 Å². The van der Waals surface area contributed by atoms with Gasteiger partial charge in [0.1, 0.15) is 0 Å². The van der Waals surface area contributed by atoms with Crippen molar-refractivity contribution >= 4 is 14.0 Å². The van der Waals surface area contributed by atoms with Crippen LogP contribution < -0.4 is 0 Å². The third-order valence-electron chi connectivity index (χ3n) is 5.89. The second-order valence-corrected chi connectivity index (χ2v) is 9.38. The summed E-state index contributed by atoms with van der Waals surface area (Å²) >= 11 is 0. The Kier molecular flexibility index (Phi) is 4.83. The minimum atomic E-state index is -0.493. The molecule has 0 aromatic heterocycles. The van der Waals surface area contributed by atoms with Crippen LogP contribution in [0.1, 0.15) is 75.7 Å². The zero-order valence-corrected chi connectivity index (χ0v) is 16.6. The predicted octanol–water partition coefficient (Wildman–Crippen LogP) is 3.91. The molecule has 0 saturated carbocycles. The fourth-order valence-electron chi connectivity index (χ4n) is 3.84. The zero-order chi connectivity index (χ0) is 17.8. The van der Waals surface area contributed by atoms with Crippen molar-refractivity contribution in [3.63, 3.8) is 0 Å². The topological polar surface area (TPSA) is 36.9 Å². The van der Waals surface area contributed by atoms with E-state index in [4.69, 9.17) is 18.6 Å². The molecule has 2 aliphatic rings. The van der Waals surface area contributed by atoms with Crippen molar-refractivity contribution in [1.82, 2.24) is 0 Å². The van der Waals surface area contributed by atoms with Gasteiger partial charge in [-0.15, -0.1) is 0 Å². The molecule has 2 fully saturated rings. The van der Waals surface area contributed by atoms with Crippen molar-refractivity contribution < 1.29 is 18.6 Å². The number of rotatable bonds is 4.